The molecule has 0 radical (unpaired) electrons. The van der Waals surface area contributed by atoms with Crippen LogP contribution in [0, 0.1) is 0 Å². The highest BCUT2D eigenvalue weighted by molar-refractivity contribution is 6.10. The van der Waals surface area contributed by atoms with E-state index in [1.807, 2.05) is 0 Å². The van der Waals surface area contributed by atoms with E-state index in [0.29, 0.717) is 5.76 Å². The van der Waals surface area contributed by atoms with Gasteiger partial charge in [0.05, 0.1) is 29.6 Å². The Hall–Kier alpha value is -3.68. The molecule has 0 aliphatic carbocycles. The third-order valence-corrected chi connectivity index (χ3v) is 3.77. The van der Waals surface area contributed by atoms with Gasteiger partial charge in [0.25, 0.3) is 11.8 Å². The van der Waals surface area contributed by atoms with E-state index in [9.17, 15) is 18.4 Å². The number of hydrogen-bond acceptors (Lipinski definition) is 4. The van der Waals surface area contributed by atoms with E-state index >= 15 is 0 Å². The van der Waals surface area contributed by atoms with Crippen molar-refractivity contribution in [2.45, 2.75) is 13.2 Å². The maximum atomic E-state index is 12.6. The lowest BCUT2D eigenvalue weighted by Crippen LogP contribution is -2.24. The minimum atomic E-state index is -3.06. The molecule has 8 heteroatoms. The van der Waals surface area contributed by atoms with Crippen LogP contribution in [-0.4, -0.2) is 18.4 Å². The highest BCUT2D eigenvalue weighted by atomic mass is 19.3. The minimum absolute atomic E-state index is 0.0754. The molecule has 0 fully saturated rings. The molecule has 0 bridgehead atoms. The molecule has 1 heterocycles. The second kappa shape index (κ2) is 8.81. The molecule has 2 amide bonds. The highest BCUT2D eigenvalue weighted by Gasteiger charge is 2.18. The Morgan fingerprint density at radius 3 is 2.36 bits per heavy atom. The predicted molar refractivity (Wildman–Crippen MR) is 97.3 cm³/mol. The molecule has 2 aromatic carbocycles. The van der Waals surface area contributed by atoms with E-state index in [1.54, 1.807) is 24.3 Å². The summed E-state index contributed by atoms with van der Waals surface area (Å²) < 4.78 is 34.6. The summed E-state index contributed by atoms with van der Waals surface area (Å²) in [4.78, 5) is 25.0. The number of para-hydroxylation sites is 2. The Labute approximate surface area is 159 Å². The zero-order valence-corrected chi connectivity index (χ0v) is 14.5. The quantitative estimate of drug-likeness (QED) is 0.642. The minimum Gasteiger partial charge on any atom is -0.467 e. The van der Waals surface area contributed by atoms with Crippen LogP contribution in [0.1, 0.15) is 26.5 Å². The van der Waals surface area contributed by atoms with Crippen molar-refractivity contribution in [3.63, 3.8) is 0 Å². The van der Waals surface area contributed by atoms with Gasteiger partial charge in [0.2, 0.25) is 0 Å². The van der Waals surface area contributed by atoms with Crippen molar-refractivity contribution >= 4 is 17.5 Å². The number of nitrogens with one attached hydrogen (secondary N) is 2. The summed E-state index contributed by atoms with van der Waals surface area (Å²) in [5.41, 5.74) is 0.375. The zero-order valence-electron chi connectivity index (χ0n) is 14.5. The monoisotopic (exact) mass is 386 g/mol. The van der Waals surface area contributed by atoms with E-state index < -0.39 is 18.4 Å². The molecular formula is C20H16F2N2O4. The molecule has 3 aromatic rings. The summed E-state index contributed by atoms with van der Waals surface area (Å²) in [6.45, 7) is -2.88. The van der Waals surface area contributed by atoms with Crippen molar-refractivity contribution in [1.29, 1.82) is 0 Å². The number of rotatable bonds is 7. The van der Waals surface area contributed by atoms with E-state index in [0.717, 1.165) is 0 Å². The molecule has 2 N–H and O–H groups in total. The number of carbonyl (C=O) groups is 2. The standard InChI is InChI=1S/C20H16F2N2O4/c21-20(22)28-17-10-4-2-8-15(17)19(26)24-16-9-3-1-7-14(16)18(25)23-12-13-6-5-11-27-13/h1-11,20H,12H2,(H,23,25)(H,24,26). The van der Waals surface area contributed by atoms with Crippen LogP contribution in [0.2, 0.25) is 0 Å². The summed E-state index contributed by atoms with van der Waals surface area (Å²) >= 11 is 0. The van der Waals surface area contributed by atoms with Crippen molar-refractivity contribution < 1.29 is 27.5 Å². The Bertz CT molecular complexity index is 958. The highest BCUT2D eigenvalue weighted by Crippen LogP contribution is 2.23. The smallest absolute Gasteiger partial charge is 0.387 e. The lowest BCUT2D eigenvalue weighted by molar-refractivity contribution is -0.0501. The first-order valence-corrected chi connectivity index (χ1v) is 8.29. The summed E-state index contributed by atoms with van der Waals surface area (Å²) in [6, 6.07) is 15.4. The predicted octanol–water partition coefficient (Wildman–Crippen LogP) is 4.06. The second-order valence-corrected chi connectivity index (χ2v) is 5.64. The van der Waals surface area contributed by atoms with Crippen molar-refractivity contribution in [1.82, 2.24) is 5.32 Å². The molecule has 0 spiro atoms. The fourth-order valence-electron chi connectivity index (χ4n) is 2.51. The number of alkyl halides is 2. The normalized spacial score (nSPS) is 10.5. The molecule has 0 saturated heterocycles. The number of ether oxygens (including phenoxy) is 1. The van der Waals surface area contributed by atoms with Crippen LogP contribution in [0.4, 0.5) is 14.5 Å². The summed E-state index contributed by atoms with van der Waals surface area (Å²) in [7, 11) is 0. The van der Waals surface area contributed by atoms with Crippen LogP contribution in [0.25, 0.3) is 0 Å². The van der Waals surface area contributed by atoms with E-state index in [-0.39, 0.29) is 29.1 Å². The number of benzene rings is 2. The van der Waals surface area contributed by atoms with Crippen molar-refractivity contribution in [2.24, 2.45) is 0 Å². The largest absolute Gasteiger partial charge is 0.467 e. The van der Waals surface area contributed by atoms with Gasteiger partial charge in [0.1, 0.15) is 11.5 Å². The van der Waals surface area contributed by atoms with Crippen molar-refractivity contribution in [2.75, 3.05) is 5.32 Å². The van der Waals surface area contributed by atoms with E-state index in [4.69, 9.17) is 4.42 Å². The second-order valence-electron chi connectivity index (χ2n) is 5.64. The Morgan fingerprint density at radius 2 is 1.64 bits per heavy atom. The van der Waals surface area contributed by atoms with Gasteiger partial charge < -0.3 is 19.8 Å². The fraction of sp³-hybridized carbons (Fsp3) is 0.100. The first-order valence-electron chi connectivity index (χ1n) is 8.29. The topological polar surface area (TPSA) is 80.6 Å². The molecule has 144 valence electrons. The Morgan fingerprint density at radius 1 is 0.929 bits per heavy atom. The molecule has 28 heavy (non-hydrogen) atoms. The number of amides is 2. The fourth-order valence-corrected chi connectivity index (χ4v) is 2.51. The van der Waals surface area contributed by atoms with Gasteiger partial charge in [-0.3, -0.25) is 9.59 Å². The van der Waals surface area contributed by atoms with Crippen LogP contribution in [0.5, 0.6) is 5.75 Å². The Balaban J connectivity index is 1.76. The van der Waals surface area contributed by atoms with Gasteiger partial charge in [-0.2, -0.15) is 8.78 Å². The number of furan rings is 1. The first kappa shape index (κ1) is 19.1. The number of carbonyl (C=O) groups excluding carboxylic acids is 2. The Kier molecular flexibility index (Phi) is 6.01. The van der Waals surface area contributed by atoms with E-state index in [2.05, 4.69) is 15.4 Å². The average molecular weight is 386 g/mol. The number of anilines is 1. The van der Waals surface area contributed by atoms with Gasteiger partial charge in [-0.25, -0.2) is 0 Å². The summed E-state index contributed by atoms with van der Waals surface area (Å²) in [6.07, 6.45) is 1.49. The SMILES string of the molecule is O=C(NCc1ccco1)c1ccccc1NC(=O)c1ccccc1OC(F)F. The molecule has 0 atom stereocenters. The third-order valence-electron chi connectivity index (χ3n) is 3.77. The summed E-state index contributed by atoms with van der Waals surface area (Å²) in [5.74, 6) is -0.783. The lowest BCUT2D eigenvalue weighted by Gasteiger charge is -2.13. The maximum absolute atomic E-state index is 12.6. The number of halogens is 2. The van der Waals surface area contributed by atoms with Crippen LogP contribution in [-0.2, 0) is 6.54 Å². The third kappa shape index (κ3) is 4.73. The molecule has 1 aromatic heterocycles. The zero-order chi connectivity index (χ0) is 19.9. The lowest BCUT2D eigenvalue weighted by atomic mass is 10.1. The molecular weight excluding hydrogens is 370 g/mol. The molecule has 0 saturated carbocycles. The molecule has 0 unspecified atom stereocenters. The van der Waals surface area contributed by atoms with Gasteiger partial charge >= 0.3 is 6.61 Å². The van der Waals surface area contributed by atoms with Gasteiger partial charge in [0.15, 0.2) is 0 Å². The molecule has 0 aliphatic rings. The van der Waals surface area contributed by atoms with Crippen LogP contribution in [0.15, 0.2) is 71.3 Å². The van der Waals surface area contributed by atoms with Gasteiger partial charge in [-0.15, -0.1) is 0 Å². The van der Waals surface area contributed by atoms with E-state index in [1.165, 1.54) is 42.7 Å². The average Bonchev–Trinajstić information content (AvgIpc) is 3.20. The molecule has 6 nitrogen and oxygen atoms in total. The van der Waals surface area contributed by atoms with Crippen LogP contribution >= 0.6 is 0 Å². The number of hydrogen-bond donors (Lipinski definition) is 2. The first-order chi connectivity index (χ1) is 13.5. The van der Waals surface area contributed by atoms with Crippen molar-refractivity contribution in [3.05, 3.63) is 83.8 Å². The maximum Gasteiger partial charge on any atom is 0.387 e. The van der Waals surface area contributed by atoms with Gasteiger partial charge in [-0.1, -0.05) is 24.3 Å². The van der Waals surface area contributed by atoms with Crippen LogP contribution < -0.4 is 15.4 Å². The summed E-state index contributed by atoms with van der Waals surface area (Å²) in [5, 5.41) is 5.25. The van der Waals surface area contributed by atoms with Gasteiger partial charge in [0, 0.05) is 0 Å². The van der Waals surface area contributed by atoms with Crippen molar-refractivity contribution in [3.8, 4) is 5.75 Å². The van der Waals surface area contributed by atoms with Gasteiger partial charge in [-0.05, 0) is 36.4 Å². The molecule has 3 rings (SSSR count). The van der Waals surface area contributed by atoms with Crippen LogP contribution in [0.3, 0.4) is 0 Å². The molecule has 0 aliphatic heterocycles.